The van der Waals surface area contributed by atoms with E-state index in [-0.39, 0.29) is 23.3 Å². The molecule has 1 atom stereocenters. The zero-order valence-corrected chi connectivity index (χ0v) is 16.3. The van der Waals surface area contributed by atoms with Crippen molar-refractivity contribution in [3.8, 4) is 17.1 Å². The second-order valence-corrected chi connectivity index (χ2v) is 6.82. The zero-order chi connectivity index (χ0) is 21.1. The lowest BCUT2D eigenvalue weighted by atomic mass is 10.2. The van der Waals surface area contributed by atoms with Crippen LogP contribution in [0.25, 0.3) is 11.4 Å². The van der Waals surface area contributed by atoms with Crippen molar-refractivity contribution in [2.75, 3.05) is 18.5 Å². The average Bonchev–Trinajstić information content (AvgIpc) is 3.39. The maximum absolute atomic E-state index is 14.0. The summed E-state index contributed by atoms with van der Waals surface area (Å²) in [6.45, 7) is 2.99. The van der Waals surface area contributed by atoms with E-state index in [2.05, 4.69) is 15.5 Å². The van der Waals surface area contributed by atoms with Crippen molar-refractivity contribution in [3.05, 3.63) is 60.0 Å². The van der Waals surface area contributed by atoms with E-state index in [1.165, 1.54) is 6.07 Å². The Hall–Kier alpha value is -3.49. The third-order valence-electron chi connectivity index (χ3n) is 4.83. The number of nitrogens with one attached hydrogen (secondary N) is 1. The Morgan fingerprint density at radius 2 is 2.07 bits per heavy atom. The number of amides is 2. The fraction of sp³-hybridized carbons (Fsp3) is 0.286. The molecule has 9 heteroatoms. The molecule has 1 saturated heterocycles. The highest BCUT2D eigenvalue weighted by atomic mass is 19.1. The summed E-state index contributed by atoms with van der Waals surface area (Å²) < 4.78 is 37.8. The van der Waals surface area contributed by atoms with Gasteiger partial charge in [-0.3, -0.25) is 0 Å². The number of hydrogen-bond acceptors (Lipinski definition) is 5. The van der Waals surface area contributed by atoms with E-state index in [4.69, 9.17) is 9.26 Å². The van der Waals surface area contributed by atoms with Gasteiger partial charge in [0, 0.05) is 18.3 Å². The smallest absolute Gasteiger partial charge is 0.322 e. The molecule has 1 aliphatic heterocycles. The Bertz CT molecular complexity index is 1040. The van der Waals surface area contributed by atoms with E-state index in [1.54, 1.807) is 29.2 Å². The van der Waals surface area contributed by atoms with Crippen molar-refractivity contribution in [1.29, 1.82) is 0 Å². The predicted molar refractivity (Wildman–Crippen MR) is 105 cm³/mol. The van der Waals surface area contributed by atoms with Crippen molar-refractivity contribution in [3.63, 3.8) is 0 Å². The molecule has 2 aromatic carbocycles. The lowest BCUT2D eigenvalue weighted by Gasteiger charge is -2.22. The number of benzene rings is 2. The van der Waals surface area contributed by atoms with Crippen LogP contribution in [0.5, 0.6) is 5.75 Å². The molecule has 2 amide bonds. The van der Waals surface area contributed by atoms with Gasteiger partial charge >= 0.3 is 6.03 Å². The topological polar surface area (TPSA) is 80.5 Å². The van der Waals surface area contributed by atoms with E-state index in [0.717, 1.165) is 24.3 Å². The standard InChI is InChI=1S/C21H20F2N4O3/c1-2-29-15-8-6-14(7-9-15)24-21(28)27-11-3-4-18(27)20-25-19(26-30-20)16-10-5-13(22)12-17(16)23/h5-10,12,18H,2-4,11H2,1H3,(H,24,28)/t18-/m0/s1. The van der Waals surface area contributed by atoms with Gasteiger partial charge in [0.1, 0.15) is 23.4 Å². The second kappa shape index (κ2) is 8.48. The molecule has 4 rings (SSSR count). The molecular weight excluding hydrogens is 394 g/mol. The number of rotatable bonds is 5. The average molecular weight is 414 g/mol. The van der Waals surface area contributed by atoms with Crippen molar-refractivity contribution in [2.45, 2.75) is 25.8 Å². The first kappa shape index (κ1) is 19.8. The van der Waals surface area contributed by atoms with Gasteiger partial charge in [-0.05, 0) is 56.2 Å². The molecule has 30 heavy (non-hydrogen) atoms. The molecule has 1 fully saturated rings. The zero-order valence-electron chi connectivity index (χ0n) is 16.3. The first-order valence-corrected chi connectivity index (χ1v) is 9.64. The number of urea groups is 1. The normalized spacial score (nSPS) is 16.0. The van der Waals surface area contributed by atoms with Crippen LogP contribution in [0.3, 0.4) is 0 Å². The maximum Gasteiger partial charge on any atom is 0.322 e. The first-order valence-electron chi connectivity index (χ1n) is 9.64. The highest BCUT2D eigenvalue weighted by molar-refractivity contribution is 5.89. The minimum Gasteiger partial charge on any atom is -0.494 e. The van der Waals surface area contributed by atoms with Crippen LogP contribution in [-0.2, 0) is 0 Å². The molecule has 7 nitrogen and oxygen atoms in total. The molecular formula is C21H20F2N4O3. The first-order chi connectivity index (χ1) is 14.5. The Labute approximate surface area is 171 Å². The SMILES string of the molecule is CCOc1ccc(NC(=O)N2CCC[C@H]2c2nc(-c3ccc(F)cc3F)no2)cc1. The Kier molecular flexibility index (Phi) is 5.60. The number of halogens is 2. The van der Waals surface area contributed by atoms with Crippen LogP contribution in [-0.4, -0.2) is 34.2 Å². The van der Waals surface area contributed by atoms with Gasteiger partial charge in [0.2, 0.25) is 11.7 Å². The number of aromatic nitrogens is 2. The summed E-state index contributed by atoms with van der Waals surface area (Å²) in [5, 5.41) is 6.65. The largest absolute Gasteiger partial charge is 0.494 e. The third-order valence-corrected chi connectivity index (χ3v) is 4.83. The molecule has 1 N–H and O–H groups in total. The van der Waals surface area contributed by atoms with Crippen LogP contribution in [0.2, 0.25) is 0 Å². The molecule has 0 saturated carbocycles. The van der Waals surface area contributed by atoms with Gasteiger partial charge in [-0.15, -0.1) is 0 Å². The van der Waals surface area contributed by atoms with Gasteiger partial charge < -0.3 is 19.5 Å². The molecule has 0 spiro atoms. The van der Waals surface area contributed by atoms with Gasteiger partial charge in [0.05, 0.1) is 12.2 Å². The minimum atomic E-state index is -0.779. The summed E-state index contributed by atoms with van der Waals surface area (Å²) in [5.41, 5.74) is 0.670. The number of ether oxygens (including phenoxy) is 1. The van der Waals surface area contributed by atoms with Crippen molar-refractivity contribution < 1.29 is 22.8 Å². The van der Waals surface area contributed by atoms with Crippen molar-refractivity contribution in [1.82, 2.24) is 15.0 Å². The number of hydrogen-bond donors (Lipinski definition) is 1. The molecule has 3 aromatic rings. The quantitative estimate of drug-likeness (QED) is 0.650. The maximum atomic E-state index is 14.0. The monoisotopic (exact) mass is 414 g/mol. The number of carbonyl (C=O) groups excluding carboxylic acids is 1. The summed E-state index contributed by atoms with van der Waals surface area (Å²) in [4.78, 5) is 18.6. The van der Waals surface area contributed by atoms with Crippen LogP contribution in [0.1, 0.15) is 31.7 Å². The minimum absolute atomic E-state index is 0.0151. The van der Waals surface area contributed by atoms with Crippen LogP contribution >= 0.6 is 0 Å². The lowest BCUT2D eigenvalue weighted by molar-refractivity contribution is 0.193. The summed E-state index contributed by atoms with van der Waals surface area (Å²) in [5.74, 6) is -0.512. The van der Waals surface area contributed by atoms with Gasteiger partial charge in [0.15, 0.2) is 0 Å². The Morgan fingerprint density at radius 3 is 2.80 bits per heavy atom. The molecule has 0 aliphatic carbocycles. The third kappa shape index (κ3) is 4.10. The van der Waals surface area contributed by atoms with Crippen LogP contribution in [0, 0.1) is 11.6 Å². The van der Waals surface area contributed by atoms with Gasteiger partial charge in [-0.1, -0.05) is 5.16 Å². The highest BCUT2D eigenvalue weighted by Gasteiger charge is 2.34. The Balaban J connectivity index is 1.48. The van der Waals surface area contributed by atoms with Crippen molar-refractivity contribution in [2.24, 2.45) is 0 Å². The fourth-order valence-corrected chi connectivity index (χ4v) is 3.41. The molecule has 156 valence electrons. The molecule has 1 aliphatic rings. The molecule has 0 radical (unpaired) electrons. The molecule has 0 bridgehead atoms. The highest BCUT2D eigenvalue weighted by Crippen LogP contribution is 2.33. The Morgan fingerprint density at radius 1 is 1.27 bits per heavy atom. The van der Waals surface area contributed by atoms with E-state index in [0.29, 0.717) is 25.3 Å². The summed E-state index contributed by atoms with van der Waals surface area (Å²) in [6, 6.07) is 9.51. The number of anilines is 1. The number of nitrogens with zero attached hydrogens (tertiary/aromatic N) is 3. The predicted octanol–water partition coefficient (Wildman–Crippen LogP) is 4.78. The number of likely N-dealkylation sites (tertiary alicyclic amines) is 1. The van der Waals surface area contributed by atoms with E-state index < -0.39 is 17.7 Å². The van der Waals surface area contributed by atoms with Crippen LogP contribution < -0.4 is 10.1 Å². The molecule has 1 aromatic heterocycles. The van der Waals surface area contributed by atoms with Crippen molar-refractivity contribution >= 4 is 11.7 Å². The summed E-state index contributed by atoms with van der Waals surface area (Å²) in [7, 11) is 0. The van der Waals surface area contributed by atoms with Gasteiger partial charge in [-0.25, -0.2) is 13.6 Å². The van der Waals surface area contributed by atoms with Gasteiger partial charge in [0.25, 0.3) is 0 Å². The van der Waals surface area contributed by atoms with E-state index in [1.807, 2.05) is 6.92 Å². The molecule has 0 unspecified atom stereocenters. The van der Waals surface area contributed by atoms with E-state index in [9.17, 15) is 13.6 Å². The second-order valence-electron chi connectivity index (χ2n) is 6.82. The van der Waals surface area contributed by atoms with Gasteiger partial charge in [-0.2, -0.15) is 4.98 Å². The van der Waals surface area contributed by atoms with Crippen LogP contribution in [0.4, 0.5) is 19.3 Å². The lowest BCUT2D eigenvalue weighted by Crippen LogP contribution is -2.34. The van der Waals surface area contributed by atoms with Crippen LogP contribution in [0.15, 0.2) is 47.0 Å². The fourth-order valence-electron chi connectivity index (χ4n) is 3.41. The molecule has 2 heterocycles. The van der Waals surface area contributed by atoms with E-state index >= 15 is 0 Å². The summed E-state index contributed by atoms with van der Waals surface area (Å²) >= 11 is 0. The summed E-state index contributed by atoms with van der Waals surface area (Å²) in [6.07, 6.45) is 1.41. The number of carbonyl (C=O) groups is 1.